The third-order valence-electron chi connectivity index (χ3n) is 1.98. The van der Waals surface area contributed by atoms with Gasteiger partial charge in [-0.25, -0.2) is 17.7 Å². The first kappa shape index (κ1) is 11.9. The number of nitrogens with zero attached hydrogens (tertiary/aromatic N) is 2. The minimum Gasteiger partial charge on any atom is -0.481 e. The van der Waals surface area contributed by atoms with Gasteiger partial charge in [0.1, 0.15) is 0 Å². The van der Waals surface area contributed by atoms with Crippen LogP contribution >= 0.6 is 0 Å². The first-order valence-corrected chi connectivity index (χ1v) is 6.18. The molecule has 0 aliphatic heterocycles. The predicted octanol–water partition coefficient (Wildman–Crippen LogP) is 0.482. The van der Waals surface area contributed by atoms with Gasteiger partial charge in [-0.3, -0.25) is 0 Å². The largest absolute Gasteiger partial charge is 0.481 e. The average Bonchev–Trinajstić information content (AvgIpc) is 2.16. The van der Waals surface area contributed by atoms with Crippen molar-refractivity contribution >= 4 is 10.0 Å². The summed E-state index contributed by atoms with van der Waals surface area (Å²) in [4.78, 5) is 3.94. The number of sulfonamides is 1. The van der Waals surface area contributed by atoms with Crippen LogP contribution < -0.4 is 4.74 Å². The Labute approximate surface area is 89.7 Å². The maximum atomic E-state index is 11.2. The zero-order chi connectivity index (χ0) is 11.5. The molecule has 1 rings (SSSR count). The lowest BCUT2D eigenvalue weighted by atomic mass is 10.3. The van der Waals surface area contributed by atoms with E-state index in [1.807, 2.05) is 0 Å². The Morgan fingerprint density at radius 3 is 2.73 bits per heavy atom. The zero-order valence-corrected chi connectivity index (χ0v) is 9.78. The van der Waals surface area contributed by atoms with Crippen molar-refractivity contribution < 1.29 is 13.2 Å². The van der Waals surface area contributed by atoms with Gasteiger partial charge >= 0.3 is 0 Å². The fourth-order valence-electron chi connectivity index (χ4n) is 1.03. The maximum Gasteiger partial charge on any atom is 0.213 e. The molecule has 0 atom stereocenters. The van der Waals surface area contributed by atoms with Gasteiger partial charge in [-0.1, -0.05) is 0 Å². The van der Waals surface area contributed by atoms with E-state index >= 15 is 0 Å². The van der Waals surface area contributed by atoms with Crippen molar-refractivity contribution in [3.8, 4) is 5.88 Å². The fourth-order valence-corrected chi connectivity index (χ4v) is 1.42. The van der Waals surface area contributed by atoms with Crippen LogP contribution in [0.1, 0.15) is 5.56 Å². The Bertz CT molecular complexity index is 431. The zero-order valence-electron chi connectivity index (χ0n) is 8.97. The van der Waals surface area contributed by atoms with Crippen molar-refractivity contribution in [1.29, 1.82) is 0 Å². The second-order valence-corrected chi connectivity index (χ2v) is 5.31. The highest BCUT2D eigenvalue weighted by atomic mass is 32.2. The number of aromatic nitrogens is 1. The Morgan fingerprint density at radius 2 is 2.20 bits per heavy atom. The van der Waals surface area contributed by atoms with Gasteiger partial charge in [-0.2, -0.15) is 0 Å². The summed E-state index contributed by atoms with van der Waals surface area (Å²) in [5.74, 6) is 0.481. The Morgan fingerprint density at radius 1 is 1.53 bits per heavy atom. The van der Waals surface area contributed by atoms with Gasteiger partial charge in [0.25, 0.3) is 0 Å². The first-order valence-electron chi connectivity index (χ1n) is 4.33. The number of rotatable bonds is 4. The quantitative estimate of drug-likeness (QED) is 0.755. The molecule has 0 aliphatic rings. The molecule has 6 heteroatoms. The predicted molar refractivity (Wildman–Crippen MR) is 57.1 cm³/mol. The number of methoxy groups -OCH3 is 1. The minimum absolute atomic E-state index is 0.317. The highest BCUT2D eigenvalue weighted by Gasteiger charge is 2.11. The number of hydrogen-bond donors (Lipinski definition) is 0. The van der Waals surface area contributed by atoms with Crippen molar-refractivity contribution in [2.75, 3.05) is 20.4 Å². The van der Waals surface area contributed by atoms with Crippen LogP contribution in [0.25, 0.3) is 0 Å². The van der Waals surface area contributed by atoms with E-state index in [1.54, 1.807) is 18.3 Å². The maximum absolute atomic E-state index is 11.2. The lowest BCUT2D eigenvalue weighted by molar-refractivity contribution is 0.396. The van der Waals surface area contributed by atoms with Crippen molar-refractivity contribution in [2.24, 2.45) is 0 Å². The second-order valence-electron chi connectivity index (χ2n) is 3.23. The van der Waals surface area contributed by atoms with Crippen molar-refractivity contribution in [3.63, 3.8) is 0 Å². The lowest BCUT2D eigenvalue weighted by Crippen LogP contribution is -2.24. The molecule has 0 N–H and O–H groups in total. The van der Waals surface area contributed by atoms with Crippen LogP contribution in [-0.4, -0.2) is 38.1 Å². The molecular weight excluding hydrogens is 216 g/mol. The van der Waals surface area contributed by atoms with Crippen LogP contribution in [0.2, 0.25) is 0 Å². The third-order valence-corrected chi connectivity index (χ3v) is 3.24. The Kier molecular flexibility index (Phi) is 3.65. The number of pyridine rings is 1. The summed E-state index contributed by atoms with van der Waals surface area (Å²) in [7, 11) is -0.0983. The molecule has 84 valence electrons. The summed E-state index contributed by atoms with van der Waals surface area (Å²) in [6.07, 6.45) is 2.76. The number of ether oxygens (including phenoxy) is 1. The fraction of sp³-hybridized carbons (Fsp3) is 0.444. The van der Waals surface area contributed by atoms with Gasteiger partial charge in [0, 0.05) is 25.9 Å². The van der Waals surface area contributed by atoms with Gasteiger partial charge < -0.3 is 4.74 Å². The Hall–Kier alpha value is -1.14. The van der Waals surface area contributed by atoms with Gasteiger partial charge in [0.05, 0.1) is 13.4 Å². The lowest BCUT2D eigenvalue weighted by Gasteiger charge is -2.13. The summed E-state index contributed by atoms with van der Waals surface area (Å²) < 4.78 is 28.5. The SMILES string of the molecule is COc1cc(CN(C)S(C)(=O)=O)ccn1. The molecule has 15 heavy (non-hydrogen) atoms. The van der Waals surface area contributed by atoms with Crippen molar-refractivity contribution in [3.05, 3.63) is 23.9 Å². The van der Waals surface area contributed by atoms with Gasteiger partial charge in [-0.15, -0.1) is 0 Å². The summed E-state index contributed by atoms with van der Waals surface area (Å²) >= 11 is 0. The van der Waals surface area contributed by atoms with Crippen LogP contribution in [0.4, 0.5) is 0 Å². The van der Waals surface area contributed by atoms with E-state index in [4.69, 9.17) is 4.74 Å². The van der Waals surface area contributed by atoms with Crippen LogP contribution in [0.15, 0.2) is 18.3 Å². The highest BCUT2D eigenvalue weighted by molar-refractivity contribution is 7.88. The van der Waals surface area contributed by atoms with Gasteiger partial charge in [0.2, 0.25) is 15.9 Å². The van der Waals surface area contributed by atoms with E-state index in [0.29, 0.717) is 12.4 Å². The average molecular weight is 230 g/mol. The molecule has 0 amide bonds. The normalized spacial score (nSPS) is 11.7. The molecule has 0 aromatic carbocycles. The molecular formula is C9H14N2O3S. The standard InChI is InChI=1S/C9H14N2O3S/c1-11(15(3,12)13)7-8-4-5-10-9(6-8)14-2/h4-6H,7H2,1-3H3. The molecule has 1 heterocycles. The molecule has 1 aromatic heterocycles. The van der Waals surface area contributed by atoms with Crippen LogP contribution in [0, 0.1) is 0 Å². The van der Waals surface area contributed by atoms with Crippen LogP contribution in [0.3, 0.4) is 0 Å². The van der Waals surface area contributed by atoms with Gasteiger partial charge in [-0.05, 0) is 11.6 Å². The van der Waals surface area contributed by atoms with E-state index in [9.17, 15) is 8.42 Å². The van der Waals surface area contributed by atoms with Crippen molar-refractivity contribution in [1.82, 2.24) is 9.29 Å². The van der Waals surface area contributed by atoms with E-state index in [0.717, 1.165) is 5.56 Å². The molecule has 0 bridgehead atoms. The summed E-state index contributed by atoms with van der Waals surface area (Å²) in [5.41, 5.74) is 0.842. The molecule has 0 fully saturated rings. The molecule has 0 unspecified atom stereocenters. The third kappa shape index (κ3) is 3.49. The molecule has 0 saturated carbocycles. The smallest absolute Gasteiger partial charge is 0.213 e. The van der Waals surface area contributed by atoms with Gasteiger partial charge in [0.15, 0.2) is 0 Å². The topological polar surface area (TPSA) is 59.5 Å². The van der Waals surface area contributed by atoms with Crippen molar-refractivity contribution in [2.45, 2.75) is 6.54 Å². The Balaban J connectivity index is 2.81. The highest BCUT2D eigenvalue weighted by Crippen LogP contribution is 2.11. The monoisotopic (exact) mass is 230 g/mol. The molecule has 0 saturated heterocycles. The van der Waals surface area contributed by atoms with E-state index in [2.05, 4.69) is 4.98 Å². The van der Waals surface area contributed by atoms with Crippen LogP contribution in [0.5, 0.6) is 5.88 Å². The van der Waals surface area contributed by atoms with E-state index in [1.165, 1.54) is 24.7 Å². The summed E-state index contributed by atoms with van der Waals surface area (Å²) in [6, 6.07) is 3.46. The molecule has 5 nitrogen and oxygen atoms in total. The van der Waals surface area contributed by atoms with E-state index < -0.39 is 10.0 Å². The molecule has 0 spiro atoms. The van der Waals surface area contributed by atoms with E-state index in [-0.39, 0.29) is 0 Å². The second kappa shape index (κ2) is 4.59. The summed E-state index contributed by atoms with van der Waals surface area (Å²) in [6.45, 7) is 0.317. The summed E-state index contributed by atoms with van der Waals surface area (Å²) in [5, 5.41) is 0. The molecule has 1 aromatic rings. The molecule has 0 aliphatic carbocycles. The first-order chi connectivity index (χ1) is 6.93. The molecule has 0 radical (unpaired) electrons. The minimum atomic E-state index is -3.15. The number of hydrogen-bond acceptors (Lipinski definition) is 4. The van der Waals surface area contributed by atoms with Crippen LogP contribution in [-0.2, 0) is 16.6 Å².